The molecule has 1 fully saturated rings. The van der Waals surface area contributed by atoms with E-state index in [4.69, 9.17) is 10.8 Å². The number of hydrogen-bond donors (Lipinski definition) is 1. The predicted octanol–water partition coefficient (Wildman–Crippen LogP) is 3.94. The van der Waals surface area contributed by atoms with Crippen molar-refractivity contribution in [3.05, 3.63) is 18.0 Å². The van der Waals surface area contributed by atoms with Gasteiger partial charge in [0.05, 0.1) is 5.69 Å². The molecule has 1 heterocycles. The van der Waals surface area contributed by atoms with Crippen molar-refractivity contribution in [2.45, 2.75) is 71.8 Å². The van der Waals surface area contributed by atoms with E-state index in [1.165, 1.54) is 44.2 Å². The second kappa shape index (κ2) is 6.75. The zero-order valence-electron chi connectivity index (χ0n) is 13.4. The SMILES string of the molecule is CCCC1CCC(CN)(Cc2ccn(C(C)C)n2)CC1. The molecule has 0 saturated heterocycles. The zero-order chi connectivity index (χ0) is 14.6. The van der Waals surface area contributed by atoms with Crippen LogP contribution in [0.4, 0.5) is 0 Å². The van der Waals surface area contributed by atoms with E-state index in [0.29, 0.717) is 11.5 Å². The Morgan fingerprint density at radius 3 is 2.60 bits per heavy atom. The number of hydrogen-bond acceptors (Lipinski definition) is 2. The highest BCUT2D eigenvalue weighted by Gasteiger charge is 2.34. The first-order valence-electron chi connectivity index (χ1n) is 8.32. The Hall–Kier alpha value is -0.830. The van der Waals surface area contributed by atoms with Crippen LogP contribution in [0.5, 0.6) is 0 Å². The van der Waals surface area contributed by atoms with Crippen molar-refractivity contribution >= 4 is 0 Å². The van der Waals surface area contributed by atoms with E-state index in [-0.39, 0.29) is 0 Å². The number of nitrogens with two attached hydrogens (primary N) is 1. The van der Waals surface area contributed by atoms with Gasteiger partial charge in [-0.25, -0.2) is 0 Å². The molecule has 2 N–H and O–H groups in total. The molecule has 1 aliphatic rings. The largest absolute Gasteiger partial charge is 0.330 e. The van der Waals surface area contributed by atoms with Crippen LogP contribution >= 0.6 is 0 Å². The Morgan fingerprint density at radius 1 is 1.40 bits per heavy atom. The van der Waals surface area contributed by atoms with Gasteiger partial charge in [-0.1, -0.05) is 19.8 Å². The monoisotopic (exact) mass is 277 g/mol. The second-order valence-corrected chi connectivity index (χ2v) is 6.99. The molecule has 0 amide bonds. The van der Waals surface area contributed by atoms with Crippen molar-refractivity contribution in [1.29, 1.82) is 0 Å². The number of nitrogens with zero attached hydrogens (tertiary/aromatic N) is 2. The van der Waals surface area contributed by atoms with Gasteiger partial charge in [0.25, 0.3) is 0 Å². The van der Waals surface area contributed by atoms with Gasteiger partial charge in [0.1, 0.15) is 0 Å². The quantitative estimate of drug-likeness (QED) is 0.856. The first kappa shape index (κ1) is 15.6. The average Bonchev–Trinajstić information content (AvgIpc) is 2.90. The minimum atomic E-state index is 0.306. The molecule has 0 aliphatic heterocycles. The Kier molecular flexibility index (Phi) is 5.25. The van der Waals surface area contributed by atoms with Gasteiger partial charge in [0.15, 0.2) is 0 Å². The predicted molar refractivity (Wildman–Crippen MR) is 84.7 cm³/mol. The molecule has 1 aromatic heterocycles. The Bertz CT molecular complexity index is 400. The standard InChI is InChI=1S/C17H31N3/c1-4-5-15-6-9-17(13-18,10-7-15)12-16-8-11-20(19-16)14(2)3/h8,11,14-15H,4-7,9-10,12-13,18H2,1-3H3. The fraction of sp³-hybridized carbons (Fsp3) is 0.824. The van der Waals surface area contributed by atoms with Crippen molar-refractivity contribution in [2.75, 3.05) is 6.54 Å². The highest BCUT2D eigenvalue weighted by atomic mass is 15.3. The summed E-state index contributed by atoms with van der Waals surface area (Å²) in [6.07, 6.45) is 11.1. The van der Waals surface area contributed by atoms with E-state index in [2.05, 4.69) is 37.7 Å². The van der Waals surface area contributed by atoms with Gasteiger partial charge < -0.3 is 5.73 Å². The minimum absolute atomic E-state index is 0.306. The van der Waals surface area contributed by atoms with Crippen LogP contribution in [0.25, 0.3) is 0 Å². The van der Waals surface area contributed by atoms with Gasteiger partial charge in [-0.05, 0) is 69.9 Å². The first-order chi connectivity index (χ1) is 9.58. The summed E-state index contributed by atoms with van der Waals surface area (Å²) in [4.78, 5) is 0. The molecular formula is C17H31N3. The fourth-order valence-corrected chi connectivity index (χ4v) is 3.58. The maximum atomic E-state index is 6.14. The molecule has 1 aromatic rings. The smallest absolute Gasteiger partial charge is 0.0630 e. The van der Waals surface area contributed by atoms with Crippen LogP contribution in [0.15, 0.2) is 12.3 Å². The molecule has 20 heavy (non-hydrogen) atoms. The van der Waals surface area contributed by atoms with Gasteiger partial charge >= 0.3 is 0 Å². The van der Waals surface area contributed by atoms with Gasteiger partial charge in [0.2, 0.25) is 0 Å². The molecule has 0 bridgehead atoms. The summed E-state index contributed by atoms with van der Waals surface area (Å²) >= 11 is 0. The van der Waals surface area contributed by atoms with Gasteiger partial charge in [-0.3, -0.25) is 4.68 Å². The van der Waals surface area contributed by atoms with Crippen LogP contribution in [0.1, 0.15) is 71.0 Å². The Labute approximate surface area is 123 Å². The van der Waals surface area contributed by atoms with Crippen LogP contribution < -0.4 is 5.73 Å². The van der Waals surface area contributed by atoms with Crippen molar-refractivity contribution in [3.8, 4) is 0 Å². The van der Waals surface area contributed by atoms with E-state index in [0.717, 1.165) is 18.9 Å². The average molecular weight is 277 g/mol. The highest BCUT2D eigenvalue weighted by molar-refractivity contribution is 5.05. The number of rotatable bonds is 6. The van der Waals surface area contributed by atoms with E-state index in [1.54, 1.807) is 0 Å². The molecule has 0 atom stereocenters. The van der Waals surface area contributed by atoms with Gasteiger partial charge in [-0.2, -0.15) is 5.10 Å². The van der Waals surface area contributed by atoms with Crippen LogP contribution in [0, 0.1) is 11.3 Å². The van der Waals surface area contributed by atoms with Crippen LogP contribution in [0.2, 0.25) is 0 Å². The number of aromatic nitrogens is 2. The normalized spacial score (nSPS) is 27.1. The Balaban J connectivity index is 1.98. The van der Waals surface area contributed by atoms with Crippen molar-refractivity contribution in [2.24, 2.45) is 17.1 Å². The fourth-order valence-electron chi connectivity index (χ4n) is 3.58. The molecule has 0 spiro atoms. The van der Waals surface area contributed by atoms with Crippen molar-refractivity contribution < 1.29 is 0 Å². The topological polar surface area (TPSA) is 43.8 Å². The highest BCUT2D eigenvalue weighted by Crippen LogP contribution is 2.41. The summed E-state index contributed by atoms with van der Waals surface area (Å²) in [5, 5.41) is 4.71. The molecule has 3 heteroatoms. The third-order valence-corrected chi connectivity index (χ3v) is 5.04. The summed E-state index contributed by atoms with van der Waals surface area (Å²) in [5.41, 5.74) is 7.66. The summed E-state index contributed by atoms with van der Waals surface area (Å²) in [5.74, 6) is 0.938. The summed E-state index contributed by atoms with van der Waals surface area (Å²) in [6.45, 7) is 7.45. The molecule has 3 nitrogen and oxygen atoms in total. The summed E-state index contributed by atoms with van der Waals surface area (Å²) < 4.78 is 2.06. The van der Waals surface area contributed by atoms with Crippen molar-refractivity contribution in [1.82, 2.24) is 9.78 Å². The lowest BCUT2D eigenvalue weighted by Gasteiger charge is -2.39. The molecule has 114 valence electrons. The van der Waals surface area contributed by atoms with E-state index in [9.17, 15) is 0 Å². The first-order valence-corrected chi connectivity index (χ1v) is 8.32. The maximum absolute atomic E-state index is 6.14. The molecule has 0 unspecified atom stereocenters. The van der Waals surface area contributed by atoms with Gasteiger partial charge in [-0.15, -0.1) is 0 Å². The summed E-state index contributed by atoms with van der Waals surface area (Å²) in [7, 11) is 0. The molecule has 0 aromatic carbocycles. The van der Waals surface area contributed by atoms with E-state index < -0.39 is 0 Å². The molecular weight excluding hydrogens is 246 g/mol. The van der Waals surface area contributed by atoms with Crippen LogP contribution in [0.3, 0.4) is 0 Å². The Morgan fingerprint density at radius 2 is 2.10 bits per heavy atom. The lowest BCUT2D eigenvalue weighted by molar-refractivity contribution is 0.149. The van der Waals surface area contributed by atoms with Crippen LogP contribution in [-0.4, -0.2) is 16.3 Å². The third-order valence-electron chi connectivity index (χ3n) is 5.04. The van der Waals surface area contributed by atoms with Crippen LogP contribution in [-0.2, 0) is 6.42 Å². The minimum Gasteiger partial charge on any atom is -0.330 e. The second-order valence-electron chi connectivity index (χ2n) is 6.99. The van der Waals surface area contributed by atoms with E-state index in [1.807, 2.05) is 0 Å². The molecule has 1 saturated carbocycles. The molecule has 0 radical (unpaired) electrons. The van der Waals surface area contributed by atoms with E-state index >= 15 is 0 Å². The summed E-state index contributed by atoms with van der Waals surface area (Å²) in [6, 6.07) is 2.62. The van der Waals surface area contributed by atoms with Crippen molar-refractivity contribution in [3.63, 3.8) is 0 Å². The molecule has 1 aliphatic carbocycles. The maximum Gasteiger partial charge on any atom is 0.0630 e. The lowest BCUT2D eigenvalue weighted by Crippen LogP contribution is -2.37. The third kappa shape index (κ3) is 3.63. The van der Waals surface area contributed by atoms with Gasteiger partial charge in [0, 0.05) is 12.2 Å². The lowest BCUT2D eigenvalue weighted by atomic mass is 9.67. The molecule has 2 rings (SSSR count). The zero-order valence-corrected chi connectivity index (χ0v) is 13.4.